The minimum absolute atomic E-state index is 0.678. The van der Waals surface area contributed by atoms with Crippen molar-refractivity contribution in [1.29, 1.82) is 0 Å². The van der Waals surface area contributed by atoms with Gasteiger partial charge in [-0.1, -0.05) is 0 Å². The van der Waals surface area contributed by atoms with Crippen LogP contribution in [0.15, 0.2) is 21.4 Å². The number of hydrogen-bond acceptors (Lipinski definition) is 0. The van der Waals surface area contributed by atoms with Crippen molar-refractivity contribution in [2.75, 3.05) is 0 Å². The van der Waals surface area contributed by atoms with E-state index in [1.807, 2.05) is 0 Å². The third kappa shape index (κ3) is 1.88. The van der Waals surface area contributed by atoms with Gasteiger partial charge in [0.2, 0.25) is 0 Å². The normalized spacial score (nSPS) is 18.1. The Balaban J connectivity index is 2.93. The van der Waals surface area contributed by atoms with Crippen molar-refractivity contribution in [2.24, 2.45) is 11.8 Å². The van der Waals surface area contributed by atoms with Crippen molar-refractivity contribution in [3.05, 3.63) is 21.4 Å². The van der Waals surface area contributed by atoms with E-state index in [9.17, 15) is 0 Å². The second-order valence-corrected chi connectivity index (χ2v) is 5.03. The van der Waals surface area contributed by atoms with E-state index in [4.69, 9.17) is 0 Å². The quantitative estimate of drug-likeness (QED) is 0.659. The molecule has 0 fully saturated rings. The third-order valence-electron chi connectivity index (χ3n) is 2.29. The first-order valence-electron chi connectivity index (χ1n) is 4.61. The van der Waals surface area contributed by atoms with Crippen LogP contribution in [0.2, 0.25) is 0 Å². The zero-order valence-corrected chi connectivity index (χ0v) is 10.0. The summed E-state index contributed by atoms with van der Waals surface area (Å²) in [6, 6.07) is 0. The number of rotatable bonds is 2. The van der Waals surface area contributed by atoms with Gasteiger partial charge in [0.15, 0.2) is 0 Å². The van der Waals surface area contributed by atoms with Crippen LogP contribution in [-0.2, 0) is 18.3 Å². The molecule has 0 bridgehead atoms. The molecule has 69 valence electrons. The standard InChI is InChI=1S/C11H17.Ru/c1-8(2)10-6-5-7-11(10)9(3)4;/h6,8-9H,5H2,1-4H3;. The van der Waals surface area contributed by atoms with Crippen LogP contribution in [0.1, 0.15) is 34.1 Å². The fourth-order valence-corrected chi connectivity index (χ4v) is 2.69. The predicted octanol–water partition coefficient (Wildman–Crippen LogP) is 3.43. The van der Waals surface area contributed by atoms with Gasteiger partial charge in [-0.2, -0.15) is 0 Å². The fraction of sp³-hybridized carbons (Fsp3) is 0.636. The summed E-state index contributed by atoms with van der Waals surface area (Å²) in [5.41, 5.74) is 3.15. The van der Waals surface area contributed by atoms with E-state index in [1.165, 1.54) is 4.17 Å². The van der Waals surface area contributed by atoms with Crippen molar-refractivity contribution in [1.82, 2.24) is 0 Å². The average Bonchev–Trinajstić information content (AvgIpc) is 2.30. The Morgan fingerprint density at radius 1 is 1.17 bits per heavy atom. The zero-order chi connectivity index (χ0) is 9.30. The summed E-state index contributed by atoms with van der Waals surface area (Å²) in [4.78, 5) is 0. The molecule has 0 saturated carbocycles. The molecule has 1 aliphatic carbocycles. The molecule has 0 atom stereocenters. The second-order valence-electron chi connectivity index (χ2n) is 3.98. The fourth-order valence-electron chi connectivity index (χ4n) is 1.76. The molecule has 0 spiro atoms. The Labute approximate surface area is 85.8 Å². The maximum atomic E-state index is 2.78. The predicted molar refractivity (Wildman–Crippen MR) is 49.4 cm³/mol. The Bertz CT molecular complexity index is 231. The molecule has 0 aromatic carbocycles. The van der Waals surface area contributed by atoms with E-state index in [0.29, 0.717) is 11.8 Å². The molecule has 12 heavy (non-hydrogen) atoms. The molecule has 0 nitrogen and oxygen atoms in total. The van der Waals surface area contributed by atoms with Gasteiger partial charge in [0.25, 0.3) is 0 Å². The molecule has 0 N–H and O–H groups in total. The van der Waals surface area contributed by atoms with Gasteiger partial charge in [-0.3, -0.25) is 0 Å². The Morgan fingerprint density at radius 2 is 1.75 bits per heavy atom. The number of hydrogen-bond donors (Lipinski definition) is 0. The first-order chi connectivity index (χ1) is 5.54. The van der Waals surface area contributed by atoms with Gasteiger partial charge in [-0.15, -0.1) is 0 Å². The van der Waals surface area contributed by atoms with Crippen molar-refractivity contribution < 1.29 is 18.3 Å². The summed E-state index contributed by atoms with van der Waals surface area (Å²) in [6.45, 7) is 9.12. The van der Waals surface area contributed by atoms with Crippen LogP contribution in [0.3, 0.4) is 0 Å². The van der Waals surface area contributed by atoms with Gasteiger partial charge in [0.05, 0.1) is 0 Å². The van der Waals surface area contributed by atoms with Gasteiger partial charge in [-0.05, 0) is 0 Å². The molecule has 1 heteroatoms. The van der Waals surface area contributed by atoms with Crippen LogP contribution in [-0.4, -0.2) is 0 Å². The van der Waals surface area contributed by atoms with E-state index in [-0.39, 0.29) is 0 Å². The molecule has 0 radical (unpaired) electrons. The van der Waals surface area contributed by atoms with Gasteiger partial charge in [0, 0.05) is 0 Å². The summed E-state index contributed by atoms with van der Waals surface area (Å²) >= 11 is 2.78. The van der Waals surface area contributed by atoms with E-state index in [0.717, 1.165) is 6.42 Å². The molecule has 0 aliphatic heterocycles. The Morgan fingerprint density at radius 3 is 2.08 bits per heavy atom. The topological polar surface area (TPSA) is 0 Å². The second kappa shape index (κ2) is 3.87. The monoisotopic (exact) mass is 251 g/mol. The first-order valence-corrected chi connectivity index (χ1v) is 5.48. The van der Waals surface area contributed by atoms with Crippen LogP contribution in [0.5, 0.6) is 0 Å². The summed E-state index contributed by atoms with van der Waals surface area (Å²) in [7, 11) is 0. The summed E-state index contributed by atoms with van der Waals surface area (Å²) < 4.78 is 1.51. The average molecular weight is 250 g/mol. The molecule has 1 aliphatic rings. The third-order valence-corrected chi connectivity index (χ3v) is 3.12. The first kappa shape index (κ1) is 10.2. The molecule has 0 amide bonds. The van der Waals surface area contributed by atoms with Crippen molar-refractivity contribution in [3.8, 4) is 0 Å². The van der Waals surface area contributed by atoms with Crippen molar-refractivity contribution in [3.63, 3.8) is 0 Å². The number of allylic oxidation sites excluding steroid dienone is 4. The molecule has 0 aromatic rings. The van der Waals surface area contributed by atoms with E-state index in [2.05, 4.69) is 52.1 Å². The van der Waals surface area contributed by atoms with Crippen LogP contribution in [0, 0.1) is 11.8 Å². The van der Waals surface area contributed by atoms with Gasteiger partial charge in [-0.25, -0.2) is 0 Å². The Kier molecular flexibility index (Phi) is 3.29. The van der Waals surface area contributed by atoms with Gasteiger partial charge >= 0.3 is 85.6 Å². The molecule has 1 rings (SSSR count). The summed E-state index contributed by atoms with van der Waals surface area (Å²) in [6.07, 6.45) is 3.53. The molecule has 0 heterocycles. The van der Waals surface area contributed by atoms with Gasteiger partial charge < -0.3 is 0 Å². The molecule has 0 unspecified atom stereocenters. The zero-order valence-electron chi connectivity index (χ0n) is 8.29. The molecular weight excluding hydrogens is 233 g/mol. The molecule has 0 saturated heterocycles. The minimum atomic E-state index is 0.678. The van der Waals surface area contributed by atoms with Crippen LogP contribution in [0.25, 0.3) is 0 Å². The SMILES string of the molecule is CC(C)C1=CC[C]([Ru])=C1C(C)C. The summed E-state index contributed by atoms with van der Waals surface area (Å²) in [5, 5.41) is 0. The van der Waals surface area contributed by atoms with Crippen LogP contribution in [0.4, 0.5) is 0 Å². The van der Waals surface area contributed by atoms with Crippen LogP contribution < -0.4 is 0 Å². The summed E-state index contributed by atoms with van der Waals surface area (Å²) in [5.74, 6) is 1.36. The van der Waals surface area contributed by atoms with Gasteiger partial charge in [0.1, 0.15) is 0 Å². The van der Waals surface area contributed by atoms with Crippen molar-refractivity contribution in [2.45, 2.75) is 34.1 Å². The van der Waals surface area contributed by atoms with Crippen LogP contribution >= 0.6 is 0 Å². The van der Waals surface area contributed by atoms with Crippen molar-refractivity contribution >= 4 is 0 Å². The maximum absolute atomic E-state index is 2.78. The van der Waals surface area contributed by atoms with E-state index < -0.39 is 0 Å². The molecule has 0 aromatic heterocycles. The Hall–Kier alpha value is 0.103. The molecular formula is C11H17Ru. The van der Waals surface area contributed by atoms with E-state index in [1.54, 1.807) is 11.1 Å². The van der Waals surface area contributed by atoms with E-state index >= 15 is 0 Å².